The fourth-order valence-corrected chi connectivity index (χ4v) is 3.04. The first kappa shape index (κ1) is 12.6. The van der Waals surface area contributed by atoms with Crippen LogP contribution in [0, 0.1) is 5.92 Å². The second-order valence-electron chi connectivity index (χ2n) is 4.54. The van der Waals surface area contributed by atoms with Gasteiger partial charge < -0.3 is 9.64 Å². The summed E-state index contributed by atoms with van der Waals surface area (Å²) in [5.74, 6) is 0.0291. The molecule has 1 atom stereocenters. The molecule has 0 amide bonds. The standard InChI is InChI=1S/C13H19NO2S/c1-16-13(15)12-3-2-6-14(9-12)7-4-11-5-8-17-10-11/h5,8,10,12H,2-4,6-7,9H2,1H3. The normalized spacial score (nSPS) is 21.4. The fraction of sp³-hybridized carbons (Fsp3) is 0.615. The van der Waals surface area contributed by atoms with Crippen LogP contribution < -0.4 is 0 Å². The molecule has 0 aromatic carbocycles. The molecule has 0 spiro atoms. The molecule has 3 nitrogen and oxygen atoms in total. The number of ether oxygens (including phenoxy) is 1. The number of methoxy groups -OCH3 is 1. The van der Waals surface area contributed by atoms with Crippen LogP contribution in [0.5, 0.6) is 0 Å². The van der Waals surface area contributed by atoms with Crippen molar-refractivity contribution in [1.29, 1.82) is 0 Å². The Bertz CT molecular complexity index is 350. The Labute approximate surface area is 106 Å². The largest absolute Gasteiger partial charge is 0.469 e. The molecule has 2 rings (SSSR count). The van der Waals surface area contributed by atoms with Gasteiger partial charge in [-0.15, -0.1) is 0 Å². The summed E-state index contributed by atoms with van der Waals surface area (Å²) in [4.78, 5) is 13.9. The summed E-state index contributed by atoms with van der Waals surface area (Å²) in [7, 11) is 1.48. The Hall–Kier alpha value is -0.870. The third-order valence-electron chi connectivity index (χ3n) is 3.34. The highest BCUT2D eigenvalue weighted by molar-refractivity contribution is 7.07. The van der Waals surface area contributed by atoms with Gasteiger partial charge >= 0.3 is 5.97 Å². The number of rotatable bonds is 4. The molecule has 0 N–H and O–H groups in total. The number of esters is 1. The number of carbonyl (C=O) groups excluding carboxylic acids is 1. The number of piperidine rings is 1. The number of hydrogen-bond acceptors (Lipinski definition) is 4. The summed E-state index contributed by atoms with van der Waals surface area (Å²) in [6.45, 7) is 3.01. The van der Waals surface area contributed by atoms with Crippen molar-refractivity contribution >= 4 is 17.3 Å². The van der Waals surface area contributed by atoms with Crippen molar-refractivity contribution in [2.75, 3.05) is 26.7 Å². The average molecular weight is 253 g/mol. The topological polar surface area (TPSA) is 29.5 Å². The van der Waals surface area contributed by atoms with Gasteiger partial charge in [-0.3, -0.25) is 4.79 Å². The minimum absolute atomic E-state index is 0.0507. The summed E-state index contributed by atoms with van der Waals surface area (Å²) in [5, 5.41) is 4.31. The Kier molecular flexibility index (Phi) is 4.57. The van der Waals surface area contributed by atoms with Gasteiger partial charge in [0.15, 0.2) is 0 Å². The van der Waals surface area contributed by atoms with Crippen LogP contribution in [-0.4, -0.2) is 37.6 Å². The van der Waals surface area contributed by atoms with E-state index in [1.165, 1.54) is 12.7 Å². The number of hydrogen-bond donors (Lipinski definition) is 0. The summed E-state index contributed by atoms with van der Waals surface area (Å²) in [5.41, 5.74) is 1.40. The summed E-state index contributed by atoms with van der Waals surface area (Å²) >= 11 is 1.74. The van der Waals surface area contributed by atoms with E-state index in [1.54, 1.807) is 11.3 Å². The van der Waals surface area contributed by atoms with Gasteiger partial charge in [0.2, 0.25) is 0 Å². The van der Waals surface area contributed by atoms with E-state index in [4.69, 9.17) is 4.74 Å². The molecule has 17 heavy (non-hydrogen) atoms. The van der Waals surface area contributed by atoms with Gasteiger partial charge in [-0.2, -0.15) is 11.3 Å². The van der Waals surface area contributed by atoms with Gasteiger partial charge in [-0.25, -0.2) is 0 Å². The molecule has 1 aromatic rings. The number of carbonyl (C=O) groups is 1. The molecule has 2 heterocycles. The first-order valence-corrected chi connectivity index (χ1v) is 7.05. The van der Waals surface area contributed by atoms with Crippen molar-refractivity contribution in [3.05, 3.63) is 22.4 Å². The fourth-order valence-electron chi connectivity index (χ4n) is 2.34. The van der Waals surface area contributed by atoms with E-state index < -0.39 is 0 Å². The lowest BCUT2D eigenvalue weighted by Crippen LogP contribution is -2.40. The first-order chi connectivity index (χ1) is 8.29. The highest BCUT2D eigenvalue weighted by atomic mass is 32.1. The van der Waals surface area contributed by atoms with Crippen LogP contribution in [0.25, 0.3) is 0 Å². The van der Waals surface area contributed by atoms with Crippen LogP contribution in [0.3, 0.4) is 0 Å². The SMILES string of the molecule is COC(=O)C1CCCN(CCc2ccsc2)C1. The van der Waals surface area contributed by atoms with E-state index >= 15 is 0 Å². The van der Waals surface area contributed by atoms with E-state index in [-0.39, 0.29) is 11.9 Å². The van der Waals surface area contributed by atoms with Gasteiger partial charge in [0.05, 0.1) is 13.0 Å². The van der Waals surface area contributed by atoms with Crippen molar-refractivity contribution in [3.63, 3.8) is 0 Å². The van der Waals surface area contributed by atoms with Gasteiger partial charge in [0, 0.05) is 13.1 Å². The summed E-state index contributed by atoms with van der Waals surface area (Å²) in [6.07, 6.45) is 3.16. The zero-order chi connectivity index (χ0) is 12.1. The predicted molar refractivity (Wildman–Crippen MR) is 69.2 cm³/mol. The lowest BCUT2D eigenvalue weighted by Gasteiger charge is -2.31. The number of nitrogens with zero attached hydrogens (tertiary/aromatic N) is 1. The molecule has 1 aliphatic heterocycles. The molecule has 0 bridgehead atoms. The maximum Gasteiger partial charge on any atom is 0.309 e. The molecule has 4 heteroatoms. The maximum absolute atomic E-state index is 11.5. The third-order valence-corrected chi connectivity index (χ3v) is 4.07. The van der Waals surface area contributed by atoms with Crippen LogP contribution >= 0.6 is 11.3 Å². The van der Waals surface area contributed by atoms with Crippen molar-refractivity contribution in [2.24, 2.45) is 5.92 Å². The van der Waals surface area contributed by atoms with E-state index in [2.05, 4.69) is 21.7 Å². The average Bonchev–Trinajstić information content (AvgIpc) is 2.89. The van der Waals surface area contributed by atoms with Crippen molar-refractivity contribution in [3.8, 4) is 0 Å². The molecular formula is C13H19NO2S. The highest BCUT2D eigenvalue weighted by Gasteiger charge is 2.25. The number of thiophene rings is 1. The van der Waals surface area contributed by atoms with Crippen molar-refractivity contribution < 1.29 is 9.53 Å². The lowest BCUT2D eigenvalue weighted by molar-refractivity contribution is -0.147. The highest BCUT2D eigenvalue weighted by Crippen LogP contribution is 2.18. The van der Waals surface area contributed by atoms with Gasteiger partial charge in [-0.05, 0) is 48.2 Å². The quantitative estimate of drug-likeness (QED) is 0.770. The first-order valence-electron chi connectivity index (χ1n) is 6.11. The molecule has 0 radical (unpaired) electrons. The summed E-state index contributed by atoms with van der Waals surface area (Å²) < 4.78 is 4.82. The Morgan fingerprint density at radius 2 is 2.53 bits per heavy atom. The molecule has 0 aliphatic carbocycles. The van der Waals surface area contributed by atoms with Crippen LogP contribution in [0.1, 0.15) is 18.4 Å². The zero-order valence-electron chi connectivity index (χ0n) is 10.2. The van der Waals surface area contributed by atoms with Crippen LogP contribution in [0.2, 0.25) is 0 Å². The Morgan fingerprint density at radius 3 is 3.24 bits per heavy atom. The Morgan fingerprint density at radius 1 is 1.65 bits per heavy atom. The van der Waals surface area contributed by atoms with Crippen LogP contribution in [0.15, 0.2) is 16.8 Å². The van der Waals surface area contributed by atoms with Gasteiger partial charge in [0.1, 0.15) is 0 Å². The molecule has 0 saturated carbocycles. The van der Waals surface area contributed by atoms with Gasteiger partial charge in [-0.1, -0.05) is 0 Å². The molecule has 1 unspecified atom stereocenters. The van der Waals surface area contributed by atoms with E-state index in [1.807, 2.05) is 0 Å². The minimum atomic E-state index is -0.0507. The predicted octanol–water partition coefficient (Wildman–Crippen LogP) is 2.18. The molecule has 1 aromatic heterocycles. The molecule has 1 saturated heterocycles. The second-order valence-corrected chi connectivity index (χ2v) is 5.32. The summed E-state index contributed by atoms with van der Waals surface area (Å²) in [6, 6.07) is 2.17. The smallest absolute Gasteiger partial charge is 0.309 e. The Balaban J connectivity index is 1.79. The molecule has 1 aliphatic rings. The van der Waals surface area contributed by atoms with Gasteiger partial charge in [0.25, 0.3) is 0 Å². The van der Waals surface area contributed by atoms with Crippen LogP contribution in [0.4, 0.5) is 0 Å². The molecule has 94 valence electrons. The minimum Gasteiger partial charge on any atom is -0.469 e. The molecular weight excluding hydrogens is 234 g/mol. The second kappa shape index (κ2) is 6.17. The van der Waals surface area contributed by atoms with E-state index in [0.29, 0.717) is 0 Å². The lowest BCUT2D eigenvalue weighted by atomic mass is 9.98. The van der Waals surface area contributed by atoms with E-state index in [0.717, 1.165) is 38.9 Å². The van der Waals surface area contributed by atoms with Crippen molar-refractivity contribution in [2.45, 2.75) is 19.3 Å². The zero-order valence-corrected chi connectivity index (χ0v) is 11.0. The van der Waals surface area contributed by atoms with E-state index in [9.17, 15) is 4.79 Å². The number of likely N-dealkylation sites (tertiary alicyclic amines) is 1. The monoisotopic (exact) mass is 253 g/mol. The molecule has 1 fully saturated rings. The van der Waals surface area contributed by atoms with Crippen molar-refractivity contribution in [1.82, 2.24) is 4.90 Å². The maximum atomic E-state index is 11.5. The van der Waals surface area contributed by atoms with Crippen LogP contribution in [-0.2, 0) is 16.0 Å². The third kappa shape index (κ3) is 3.54.